The Balaban J connectivity index is 1.76. The maximum absolute atomic E-state index is 5.90. The monoisotopic (exact) mass is 238 g/mol. The number of ether oxygens (including phenoxy) is 1. The van der Waals surface area contributed by atoms with Crippen LogP contribution in [0.4, 0.5) is 0 Å². The Morgan fingerprint density at radius 1 is 1.00 bits per heavy atom. The molecule has 1 aliphatic carbocycles. The van der Waals surface area contributed by atoms with Crippen LogP contribution in [0.25, 0.3) is 0 Å². The number of rotatable bonds is 4. The Hall–Kier alpha value is -1.76. The average Bonchev–Trinajstić information content (AvgIpc) is 3.24. The van der Waals surface area contributed by atoms with Crippen LogP contribution in [0.1, 0.15) is 36.8 Å². The molecule has 0 heterocycles. The minimum atomic E-state index is 0.774. The summed E-state index contributed by atoms with van der Waals surface area (Å²) < 4.78 is 5.90. The molecule has 0 bridgehead atoms. The maximum atomic E-state index is 5.90. The molecule has 1 fully saturated rings. The smallest absolute Gasteiger partial charge is 0.127 e. The van der Waals surface area contributed by atoms with E-state index in [1.807, 2.05) is 18.2 Å². The third-order valence-corrected chi connectivity index (χ3v) is 3.47. The number of aryl methyl sites for hydroxylation is 1. The summed E-state index contributed by atoms with van der Waals surface area (Å²) in [5, 5.41) is 0. The van der Waals surface area contributed by atoms with Gasteiger partial charge in [0.05, 0.1) is 0 Å². The largest absolute Gasteiger partial charge is 0.457 e. The number of hydrogen-bond donors (Lipinski definition) is 0. The van der Waals surface area contributed by atoms with Gasteiger partial charge in [0, 0.05) is 0 Å². The predicted molar refractivity (Wildman–Crippen MR) is 74.3 cm³/mol. The molecule has 0 spiro atoms. The molecule has 0 aromatic heterocycles. The van der Waals surface area contributed by atoms with Crippen molar-refractivity contribution in [3.8, 4) is 11.5 Å². The highest BCUT2D eigenvalue weighted by molar-refractivity contribution is 5.37. The minimum Gasteiger partial charge on any atom is -0.457 e. The second-order valence-electron chi connectivity index (χ2n) is 4.95. The lowest BCUT2D eigenvalue weighted by Gasteiger charge is -2.08. The van der Waals surface area contributed by atoms with E-state index in [9.17, 15) is 0 Å². The normalized spacial score (nSPS) is 14.5. The molecule has 3 rings (SSSR count). The van der Waals surface area contributed by atoms with Gasteiger partial charge in [-0.05, 0) is 60.6 Å². The molecule has 0 N–H and O–H groups in total. The Kier molecular flexibility index (Phi) is 3.06. The standard InChI is InChI=1S/C17H18O/c1-2-13-6-10-16(11-7-13)18-17-5-3-4-15(12-17)14-8-9-14/h3-7,10-12,14H,2,8-9H2,1H3. The molecule has 0 aliphatic heterocycles. The van der Waals surface area contributed by atoms with E-state index in [0.29, 0.717) is 0 Å². The zero-order valence-corrected chi connectivity index (χ0v) is 10.7. The van der Waals surface area contributed by atoms with E-state index in [2.05, 4.69) is 37.3 Å². The summed E-state index contributed by atoms with van der Waals surface area (Å²) >= 11 is 0. The summed E-state index contributed by atoms with van der Waals surface area (Å²) in [6.45, 7) is 2.16. The first-order valence-corrected chi connectivity index (χ1v) is 6.72. The molecular weight excluding hydrogens is 220 g/mol. The summed E-state index contributed by atoms with van der Waals surface area (Å²) in [4.78, 5) is 0. The Bertz CT molecular complexity index is 524. The van der Waals surface area contributed by atoms with E-state index >= 15 is 0 Å². The topological polar surface area (TPSA) is 9.23 Å². The van der Waals surface area contributed by atoms with Crippen molar-refractivity contribution in [3.63, 3.8) is 0 Å². The van der Waals surface area contributed by atoms with Crippen molar-refractivity contribution < 1.29 is 4.74 Å². The van der Waals surface area contributed by atoms with Crippen LogP contribution in [0.15, 0.2) is 48.5 Å². The Morgan fingerprint density at radius 3 is 2.44 bits per heavy atom. The summed E-state index contributed by atoms with van der Waals surface area (Å²) in [5.74, 6) is 2.64. The quantitative estimate of drug-likeness (QED) is 0.734. The lowest BCUT2D eigenvalue weighted by molar-refractivity contribution is 0.482. The number of benzene rings is 2. The Labute approximate surface area is 108 Å². The summed E-state index contributed by atoms with van der Waals surface area (Å²) in [6, 6.07) is 16.8. The molecule has 0 radical (unpaired) electrons. The van der Waals surface area contributed by atoms with E-state index in [0.717, 1.165) is 23.8 Å². The highest BCUT2D eigenvalue weighted by Gasteiger charge is 2.23. The molecule has 0 saturated heterocycles. The highest BCUT2D eigenvalue weighted by Crippen LogP contribution is 2.41. The fraction of sp³-hybridized carbons (Fsp3) is 0.294. The van der Waals surface area contributed by atoms with Gasteiger partial charge in [0.25, 0.3) is 0 Å². The van der Waals surface area contributed by atoms with Crippen LogP contribution in [-0.2, 0) is 6.42 Å². The molecule has 1 heteroatoms. The van der Waals surface area contributed by atoms with Crippen molar-refractivity contribution in [3.05, 3.63) is 59.7 Å². The Morgan fingerprint density at radius 2 is 1.78 bits per heavy atom. The van der Waals surface area contributed by atoms with Crippen LogP contribution in [-0.4, -0.2) is 0 Å². The third-order valence-electron chi connectivity index (χ3n) is 3.47. The van der Waals surface area contributed by atoms with Gasteiger partial charge >= 0.3 is 0 Å². The molecule has 0 atom stereocenters. The molecule has 18 heavy (non-hydrogen) atoms. The van der Waals surface area contributed by atoms with E-state index in [4.69, 9.17) is 4.74 Å². The van der Waals surface area contributed by atoms with E-state index in [1.165, 1.54) is 24.0 Å². The van der Waals surface area contributed by atoms with Crippen molar-refractivity contribution in [1.29, 1.82) is 0 Å². The van der Waals surface area contributed by atoms with Gasteiger partial charge in [-0.2, -0.15) is 0 Å². The van der Waals surface area contributed by atoms with Gasteiger partial charge in [-0.15, -0.1) is 0 Å². The third kappa shape index (κ3) is 2.56. The fourth-order valence-electron chi connectivity index (χ4n) is 2.18. The zero-order valence-electron chi connectivity index (χ0n) is 10.7. The van der Waals surface area contributed by atoms with Crippen molar-refractivity contribution in [1.82, 2.24) is 0 Å². The van der Waals surface area contributed by atoms with Crippen LogP contribution in [0.3, 0.4) is 0 Å². The van der Waals surface area contributed by atoms with Crippen LogP contribution in [0, 0.1) is 0 Å². The highest BCUT2D eigenvalue weighted by atomic mass is 16.5. The van der Waals surface area contributed by atoms with Crippen molar-refractivity contribution in [2.45, 2.75) is 32.1 Å². The zero-order chi connectivity index (χ0) is 12.4. The van der Waals surface area contributed by atoms with Crippen LogP contribution in [0.5, 0.6) is 11.5 Å². The first kappa shape index (κ1) is 11.3. The minimum absolute atomic E-state index is 0.774. The summed E-state index contributed by atoms with van der Waals surface area (Å²) in [5.41, 5.74) is 2.76. The molecule has 2 aromatic carbocycles. The first-order valence-electron chi connectivity index (χ1n) is 6.72. The average molecular weight is 238 g/mol. The molecule has 1 saturated carbocycles. The van der Waals surface area contributed by atoms with Crippen LogP contribution >= 0.6 is 0 Å². The van der Waals surface area contributed by atoms with E-state index < -0.39 is 0 Å². The summed E-state index contributed by atoms with van der Waals surface area (Å²) in [6.07, 6.45) is 3.72. The molecular formula is C17H18O. The van der Waals surface area contributed by atoms with E-state index in [-0.39, 0.29) is 0 Å². The molecule has 2 aromatic rings. The fourth-order valence-corrected chi connectivity index (χ4v) is 2.18. The molecule has 1 nitrogen and oxygen atoms in total. The van der Waals surface area contributed by atoms with Gasteiger partial charge in [-0.25, -0.2) is 0 Å². The molecule has 0 unspecified atom stereocenters. The van der Waals surface area contributed by atoms with Gasteiger partial charge in [0.2, 0.25) is 0 Å². The molecule has 0 amide bonds. The lowest BCUT2D eigenvalue weighted by Crippen LogP contribution is -1.87. The van der Waals surface area contributed by atoms with Gasteiger partial charge in [0.1, 0.15) is 11.5 Å². The second kappa shape index (κ2) is 4.85. The first-order chi connectivity index (χ1) is 8.85. The van der Waals surface area contributed by atoms with Crippen molar-refractivity contribution in [2.75, 3.05) is 0 Å². The molecule has 1 aliphatic rings. The van der Waals surface area contributed by atoms with Crippen molar-refractivity contribution in [2.24, 2.45) is 0 Å². The van der Waals surface area contributed by atoms with Gasteiger partial charge in [0.15, 0.2) is 0 Å². The maximum Gasteiger partial charge on any atom is 0.127 e. The second-order valence-corrected chi connectivity index (χ2v) is 4.95. The van der Waals surface area contributed by atoms with E-state index in [1.54, 1.807) is 0 Å². The van der Waals surface area contributed by atoms with Gasteiger partial charge < -0.3 is 4.74 Å². The van der Waals surface area contributed by atoms with Gasteiger partial charge in [-0.3, -0.25) is 0 Å². The van der Waals surface area contributed by atoms with Crippen LogP contribution < -0.4 is 4.74 Å². The molecule has 92 valence electrons. The lowest BCUT2D eigenvalue weighted by atomic mass is 10.1. The van der Waals surface area contributed by atoms with Crippen LogP contribution in [0.2, 0.25) is 0 Å². The SMILES string of the molecule is CCc1ccc(Oc2cccc(C3CC3)c2)cc1. The number of hydrogen-bond acceptors (Lipinski definition) is 1. The predicted octanol–water partition coefficient (Wildman–Crippen LogP) is 4.92. The summed E-state index contributed by atoms with van der Waals surface area (Å²) in [7, 11) is 0. The van der Waals surface area contributed by atoms with Crippen molar-refractivity contribution >= 4 is 0 Å². The van der Waals surface area contributed by atoms with Gasteiger partial charge in [-0.1, -0.05) is 31.2 Å².